The topological polar surface area (TPSA) is 58.1 Å². The molecule has 1 amide bonds. The first kappa shape index (κ1) is 11.8. The predicted octanol–water partition coefficient (Wildman–Crippen LogP) is 1.39. The van der Waals surface area contributed by atoms with Gasteiger partial charge in [-0.05, 0) is 25.1 Å². The summed E-state index contributed by atoms with van der Waals surface area (Å²) in [6.45, 7) is 3.51. The minimum atomic E-state index is -0.197. The van der Waals surface area contributed by atoms with E-state index in [-0.39, 0.29) is 17.5 Å². The molecule has 1 aliphatic heterocycles. The van der Waals surface area contributed by atoms with E-state index >= 15 is 0 Å². The van der Waals surface area contributed by atoms with Gasteiger partial charge >= 0.3 is 0 Å². The Labute approximate surface area is 110 Å². The second kappa shape index (κ2) is 4.42. The number of H-pyrrole nitrogens is 1. The Balaban J connectivity index is 1.89. The van der Waals surface area contributed by atoms with Gasteiger partial charge in [0.25, 0.3) is 5.91 Å². The van der Waals surface area contributed by atoms with E-state index in [4.69, 9.17) is 0 Å². The molecule has 5 nitrogen and oxygen atoms in total. The van der Waals surface area contributed by atoms with Crippen LogP contribution >= 0.6 is 0 Å². The fourth-order valence-electron chi connectivity index (χ4n) is 2.57. The zero-order valence-corrected chi connectivity index (χ0v) is 10.7. The predicted molar refractivity (Wildman–Crippen MR) is 70.9 cm³/mol. The number of nitrogens with one attached hydrogen (secondary N) is 1. The zero-order valence-electron chi connectivity index (χ0n) is 10.7. The maximum absolute atomic E-state index is 12.4. The van der Waals surface area contributed by atoms with Crippen LogP contribution in [-0.4, -0.2) is 26.9 Å². The van der Waals surface area contributed by atoms with Crippen LogP contribution in [0.3, 0.4) is 0 Å². The molecule has 0 bridgehead atoms. The molecule has 5 heteroatoms. The van der Waals surface area contributed by atoms with Crippen molar-refractivity contribution in [1.29, 1.82) is 0 Å². The Morgan fingerprint density at radius 2 is 2.16 bits per heavy atom. The highest BCUT2D eigenvalue weighted by Crippen LogP contribution is 2.26. The van der Waals surface area contributed by atoms with Gasteiger partial charge in [0.15, 0.2) is 0 Å². The second-order valence-electron chi connectivity index (χ2n) is 4.74. The maximum atomic E-state index is 12.4. The number of hydrogen-bond donors (Lipinski definition) is 1. The first-order valence-electron chi connectivity index (χ1n) is 6.31. The van der Waals surface area contributed by atoms with Gasteiger partial charge in [0, 0.05) is 37.2 Å². The molecule has 2 aromatic heterocycles. The van der Waals surface area contributed by atoms with Crippen LogP contribution < -0.4 is 5.56 Å². The Morgan fingerprint density at radius 3 is 2.89 bits per heavy atom. The van der Waals surface area contributed by atoms with Gasteiger partial charge in [-0.25, -0.2) is 0 Å². The summed E-state index contributed by atoms with van der Waals surface area (Å²) in [5.41, 5.74) is 1.47. The van der Waals surface area contributed by atoms with Gasteiger partial charge in [0.05, 0.1) is 11.6 Å². The molecule has 19 heavy (non-hydrogen) atoms. The van der Waals surface area contributed by atoms with Gasteiger partial charge in [-0.15, -0.1) is 0 Å². The van der Waals surface area contributed by atoms with Crippen LogP contribution in [-0.2, 0) is 6.54 Å². The van der Waals surface area contributed by atoms with Crippen molar-refractivity contribution in [2.24, 2.45) is 0 Å². The first-order chi connectivity index (χ1) is 9.16. The molecule has 0 spiro atoms. The number of hydrogen-bond acceptors (Lipinski definition) is 2. The van der Waals surface area contributed by atoms with Gasteiger partial charge in [0.2, 0.25) is 5.56 Å². The number of carbonyl (C=O) groups excluding carboxylic acids is 1. The van der Waals surface area contributed by atoms with E-state index in [1.54, 1.807) is 6.07 Å². The molecule has 0 saturated heterocycles. The first-order valence-corrected chi connectivity index (χ1v) is 6.31. The fourth-order valence-corrected chi connectivity index (χ4v) is 2.57. The lowest BCUT2D eigenvalue weighted by molar-refractivity contribution is 0.0643. The van der Waals surface area contributed by atoms with Crippen molar-refractivity contribution in [3.63, 3.8) is 0 Å². The molecule has 0 radical (unpaired) electrons. The van der Waals surface area contributed by atoms with Gasteiger partial charge in [-0.3, -0.25) is 9.59 Å². The second-order valence-corrected chi connectivity index (χ2v) is 4.74. The Hall–Kier alpha value is -2.30. The Kier molecular flexibility index (Phi) is 2.74. The minimum absolute atomic E-state index is 0.0446. The molecule has 98 valence electrons. The molecular formula is C14H15N3O2. The summed E-state index contributed by atoms with van der Waals surface area (Å²) in [6, 6.07) is 7.03. The highest BCUT2D eigenvalue weighted by atomic mass is 16.2. The lowest BCUT2D eigenvalue weighted by atomic mass is 10.1. The molecule has 1 N–H and O–H groups in total. The summed E-state index contributed by atoms with van der Waals surface area (Å²) < 4.78 is 2.17. The number of pyridine rings is 1. The molecule has 0 saturated carbocycles. The van der Waals surface area contributed by atoms with Gasteiger partial charge in [-0.1, -0.05) is 0 Å². The third kappa shape index (κ3) is 1.97. The van der Waals surface area contributed by atoms with Crippen molar-refractivity contribution >= 4 is 5.91 Å². The number of carbonyl (C=O) groups is 1. The summed E-state index contributed by atoms with van der Waals surface area (Å²) in [5, 5.41) is 0. The van der Waals surface area contributed by atoms with E-state index in [1.807, 2.05) is 30.2 Å². The van der Waals surface area contributed by atoms with Crippen molar-refractivity contribution in [1.82, 2.24) is 14.5 Å². The molecule has 1 atom stereocenters. The Morgan fingerprint density at radius 1 is 1.32 bits per heavy atom. The molecular weight excluding hydrogens is 242 g/mol. The smallest absolute Gasteiger partial charge is 0.255 e. The standard InChI is InChI=1S/C14H15N3O2/c1-10-12-3-2-6-16(12)7-8-17(10)14(19)11-4-5-13(18)15-9-11/h2-6,9-10H,7-8H2,1H3,(H,15,18). The van der Waals surface area contributed by atoms with Crippen molar-refractivity contribution < 1.29 is 4.79 Å². The van der Waals surface area contributed by atoms with Gasteiger partial charge in [0.1, 0.15) is 0 Å². The third-order valence-electron chi connectivity index (χ3n) is 3.63. The van der Waals surface area contributed by atoms with Crippen LogP contribution in [0.15, 0.2) is 41.5 Å². The van der Waals surface area contributed by atoms with E-state index in [9.17, 15) is 9.59 Å². The highest BCUT2D eigenvalue weighted by Gasteiger charge is 2.27. The van der Waals surface area contributed by atoms with Crippen molar-refractivity contribution in [3.8, 4) is 0 Å². The van der Waals surface area contributed by atoms with Crippen molar-refractivity contribution in [3.05, 3.63) is 58.3 Å². The average molecular weight is 257 g/mol. The van der Waals surface area contributed by atoms with E-state index in [0.717, 1.165) is 12.2 Å². The average Bonchev–Trinajstić information content (AvgIpc) is 2.88. The summed E-state index contributed by atoms with van der Waals surface area (Å²) in [4.78, 5) is 27.9. The molecule has 0 aliphatic carbocycles. The summed E-state index contributed by atoms with van der Waals surface area (Å²) in [7, 11) is 0. The number of amides is 1. The van der Waals surface area contributed by atoms with Crippen LogP contribution in [0.5, 0.6) is 0 Å². The normalized spacial score (nSPS) is 18.2. The zero-order chi connectivity index (χ0) is 13.4. The SMILES string of the molecule is CC1c2cccn2CCN1C(=O)c1ccc(=O)[nH]c1. The summed E-state index contributed by atoms with van der Waals surface area (Å²) in [5.74, 6) is -0.0452. The third-order valence-corrected chi connectivity index (χ3v) is 3.63. The largest absolute Gasteiger partial charge is 0.348 e. The monoisotopic (exact) mass is 257 g/mol. The molecule has 3 heterocycles. The Bertz CT molecular complexity index is 651. The maximum Gasteiger partial charge on any atom is 0.255 e. The van der Waals surface area contributed by atoms with E-state index in [2.05, 4.69) is 9.55 Å². The highest BCUT2D eigenvalue weighted by molar-refractivity contribution is 5.94. The van der Waals surface area contributed by atoms with Crippen LogP contribution in [0.1, 0.15) is 29.0 Å². The van der Waals surface area contributed by atoms with Crippen LogP contribution in [0, 0.1) is 0 Å². The molecule has 0 fully saturated rings. The lowest BCUT2D eigenvalue weighted by Crippen LogP contribution is -2.40. The fraction of sp³-hybridized carbons (Fsp3) is 0.286. The summed E-state index contributed by atoms with van der Waals surface area (Å²) >= 11 is 0. The van der Waals surface area contributed by atoms with E-state index in [0.29, 0.717) is 12.1 Å². The van der Waals surface area contributed by atoms with Gasteiger partial charge in [-0.2, -0.15) is 0 Å². The van der Waals surface area contributed by atoms with Crippen LogP contribution in [0.2, 0.25) is 0 Å². The van der Waals surface area contributed by atoms with Crippen LogP contribution in [0.25, 0.3) is 0 Å². The number of rotatable bonds is 1. The van der Waals surface area contributed by atoms with Gasteiger partial charge < -0.3 is 14.5 Å². The molecule has 3 rings (SSSR count). The van der Waals surface area contributed by atoms with E-state index in [1.165, 1.54) is 12.3 Å². The molecule has 2 aromatic rings. The number of nitrogens with zero attached hydrogens (tertiary/aromatic N) is 2. The van der Waals surface area contributed by atoms with Crippen molar-refractivity contribution in [2.75, 3.05) is 6.54 Å². The van der Waals surface area contributed by atoms with Crippen LogP contribution in [0.4, 0.5) is 0 Å². The van der Waals surface area contributed by atoms with E-state index < -0.39 is 0 Å². The molecule has 0 aromatic carbocycles. The lowest BCUT2D eigenvalue weighted by Gasteiger charge is -2.35. The summed E-state index contributed by atoms with van der Waals surface area (Å²) in [6.07, 6.45) is 3.51. The molecule has 1 unspecified atom stereocenters. The number of fused-ring (bicyclic) bond motifs is 1. The number of aromatic amines is 1. The van der Waals surface area contributed by atoms with Crippen molar-refractivity contribution in [2.45, 2.75) is 19.5 Å². The number of aromatic nitrogens is 2. The molecule has 1 aliphatic rings. The quantitative estimate of drug-likeness (QED) is 0.839. The minimum Gasteiger partial charge on any atom is -0.348 e.